The second kappa shape index (κ2) is 5.74. The minimum absolute atomic E-state index is 0.149. The molecule has 0 spiro atoms. The molecule has 1 aromatic carbocycles. The van der Waals surface area contributed by atoms with E-state index in [0.717, 1.165) is 12.0 Å². The lowest BCUT2D eigenvalue weighted by Gasteiger charge is -2.32. The van der Waals surface area contributed by atoms with Gasteiger partial charge in [-0.2, -0.15) is 0 Å². The Hall–Kier alpha value is -1.70. The number of carbonyl (C=O) groups is 2. The quantitative estimate of drug-likeness (QED) is 0.756. The molecule has 1 aliphatic carbocycles. The zero-order valence-corrected chi connectivity index (χ0v) is 12.3. The molecule has 0 N–H and O–H groups in total. The molecule has 20 heavy (non-hydrogen) atoms. The largest absolute Gasteiger partial charge is 0.300 e. The van der Waals surface area contributed by atoms with E-state index in [4.69, 9.17) is 0 Å². The van der Waals surface area contributed by atoms with Crippen LogP contribution in [0.1, 0.15) is 51.0 Å². The first-order chi connectivity index (χ1) is 9.46. The molecule has 2 rings (SSSR count). The topological polar surface area (TPSA) is 34.1 Å². The molecular weight excluding hydrogens is 248 g/mol. The number of benzene rings is 1. The summed E-state index contributed by atoms with van der Waals surface area (Å²) in [5.41, 5.74) is 1.59. The number of carbonyl (C=O) groups excluding carboxylic acids is 2. The van der Waals surface area contributed by atoms with E-state index in [0.29, 0.717) is 19.3 Å². The van der Waals surface area contributed by atoms with Crippen LogP contribution >= 0.6 is 0 Å². The Morgan fingerprint density at radius 1 is 1.30 bits per heavy atom. The first-order valence-corrected chi connectivity index (χ1v) is 7.22. The molecule has 0 radical (unpaired) electrons. The van der Waals surface area contributed by atoms with Gasteiger partial charge in [0.15, 0.2) is 0 Å². The summed E-state index contributed by atoms with van der Waals surface area (Å²) >= 11 is 0. The fourth-order valence-electron chi connectivity index (χ4n) is 3.23. The van der Waals surface area contributed by atoms with E-state index >= 15 is 0 Å². The van der Waals surface area contributed by atoms with Crippen molar-refractivity contribution in [3.8, 4) is 0 Å². The van der Waals surface area contributed by atoms with Gasteiger partial charge in [0.25, 0.3) is 0 Å². The van der Waals surface area contributed by atoms with Gasteiger partial charge in [-0.1, -0.05) is 42.5 Å². The molecular formula is C18H22O2. The Morgan fingerprint density at radius 2 is 1.95 bits per heavy atom. The van der Waals surface area contributed by atoms with Crippen LogP contribution in [0, 0.1) is 5.41 Å². The highest BCUT2D eigenvalue weighted by Gasteiger charge is 2.47. The summed E-state index contributed by atoms with van der Waals surface area (Å²) in [6, 6.07) is 10.2. The van der Waals surface area contributed by atoms with Gasteiger partial charge in [0, 0.05) is 18.8 Å². The molecule has 1 fully saturated rings. The minimum atomic E-state index is -0.517. The van der Waals surface area contributed by atoms with Crippen LogP contribution in [0.2, 0.25) is 0 Å². The van der Waals surface area contributed by atoms with Gasteiger partial charge in [0.2, 0.25) is 0 Å². The van der Waals surface area contributed by atoms with Crippen LogP contribution in [-0.2, 0) is 9.59 Å². The van der Waals surface area contributed by atoms with Gasteiger partial charge in [-0.05, 0) is 32.3 Å². The summed E-state index contributed by atoms with van der Waals surface area (Å²) in [6.07, 6.45) is 2.57. The standard InChI is InChI=1S/C18H22O2/c1-13(9-10-14(2)19)18(3)16(11-12-17(18)20)15-7-5-4-6-8-15/h4-8,16H,1,9-12H2,2-3H3/t16-,18?/m1/s1. The zero-order chi connectivity index (χ0) is 14.8. The monoisotopic (exact) mass is 270 g/mol. The molecule has 2 heteroatoms. The average molecular weight is 270 g/mol. The predicted molar refractivity (Wildman–Crippen MR) is 80.6 cm³/mol. The summed E-state index contributed by atoms with van der Waals surface area (Å²) in [6.45, 7) is 7.72. The maximum atomic E-state index is 12.4. The fourth-order valence-corrected chi connectivity index (χ4v) is 3.23. The van der Waals surface area contributed by atoms with E-state index in [1.165, 1.54) is 5.56 Å². The van der Waals surface area contributed by atoms with Crippen molar-refractivity contribution >= 4 is 11.6 Å². The van der Waals surface area contributed by atoms with Crippen LogP contribution < -0.4 is 0 Å². The van der Waals surface area contributed by atoms with Gasteiger partial charge < -0.3 is 4.79 Å². The fraction of sp³-hybridized carbons (Fsp3) is 0.444. The number of allylic oxidation sites excluding steroid dienone is 1. The van der Waals surface area contributed by atoms with Crippen LogP contribution in [-0.4, -0.2) is 11.6 Å². The highest BCUT2D eigenvalue weighted by molar-refractivity contribution is 5.91. The van der Waals surface area contributed by atoms with Gasteiger partial charge in [0.1, 0.15) is 11.6 Å². The second-order valence-electron chi connectivity index (χ2n) is 5.93. The number of hydrogen-bond donors (Lipinski definition) is 0. The zero-order valence-electron chi connectivity index (χ0n) is 12.3. The molecule has 106 valence electrons. The highest BCUT2D eigenvalue weighted by atomic mass is 16.1. The molecule has 1 aliphatic rings. The van der Waals surface area contributed by atoms with Crippen LogP contribution in [0.4, 0.5) is 0 Å². The van der Waals surface area contributed by atoms with Crippen LogP contribution in [0.15, 0.2) is 42.5 Å². The Kier molecular flexibility index (Phi) is 4.22. The van der Waals surface area contributed by atoms with E-state index < -0.39 is 5.41 Å². The number of ketones is 2. The average Bonchev–Trinajstić information content (AvgIpc) is 2.74. The van der Waals surface area contributed by atoms with Crippen LogP contribution in [0.5, 0.6) is 0 Å². The lowest BCUT2D eigenvalue weighted by atomic mass is 9.69. The molecule has 0 saturated heterocycles. The Balaban J connectivity index is 2.27. The molecule has 0 heterocycles. The SMILES string of the molecule is C=C(CCC(C)=O)C1(C)C(=O)CC[C@@H]1c1ccccc1. The minimum Gasteiger partial charge on any atom is -0.300 e. The van der Waals surface area contributed by atoms with E-state index in [1.54, 1.807) is 6.92 Å². The van der Waals surface area contributed by atoms with Crippen molar-refractivity contribution in [2.24, 2.45) is 5.41 Å². The van der Waals surface area contributed by atoms with Crippen molar-refractivity contribution in [1.82, 2.24) is 0 Å². The van der Waals surface area contributed by atoms with E-state index in [-0.39, 0.29) is 17.5 Å². The van der Waals surface area contributed by atoms with Crippen molar-refractivity contribution in [3.05, 3.63) is 48.0 Å². The molecule has 0 aromatic heterocycles. The van der Waals surface area contributed by atoms with Gasteiger partial charge in [-0.3, -0.25) is 4.79 Å². The summed E-state index contributed by atoms with van der Waals surface area (Å²) < 4.78 is 0. The normalized spacial score (nSPS) is 25.7. The number of hydrogen-bond acceptors (Lipinski definition) is 2. The van der Waals surface area contributed by atoms with Gasteiger partial charge in [-0.15, -0.1) is 0 Å². The number of rotatable bonds is 5. The summed E-state index contributed by atoms with van der Waals surface area (Å²) in [7, 11) is 0. The van der Waals surface area contributed by atoms with Crippen LogP contribution in [0.25, 0.3) is 0 Å². The second-order valence-corrected chi connectivity index (χ2v) is 5.93. The molecule has 1 unspecified atom stereocenters. The van der Waals surface area contributed by atoms with E-state index in [9.17, 15) is 9.59 Å². The molecule has 1 saturated carbocycles. The van der Waals surface area contributed by atoms with Crippen LogP contribution in [0.3, 0.4) is 0 Å². The molecule has 0 aliphatic heterocycles. The third-order valence-electron chi connectivity index (χ3n) is 4.65. The molecule has 1 aromatic rings. The summed E-state index contributed by atoms with van der Waals surface area (Å²) in [5, 5.41) is 0. The molecule has 2 atom stereocenters. The van der Waals surface area contributed by atoms with Crippen molar-refractivity contribution < 1.29 is 9.59 Å². The third-order valence-corrected chi connectivity index (χ3v) is 4.65. The number of Topliss-reactive ketones (excluding diaryl/α,β-unsaturated/α-hetero) is 2. The van der Waals surface area contributed by atoms with Gasteiger partial charge in [-0.25, -0.2) is 0 Å². The lowest BCUT2D eigenvalue weighted by molar-refractivity contribution is -0.124. The molecule has 2 nitrogen and oxygen atoms in total. The third kappa shape index (κ3) is 2.60. The first-order valence-electron chi connectivity index (χ1n) is 7.22. The maximum Gasteiger partial charge on any atom is 0.143 e. The Bertz CT molecular complexity index is 530. The van der Waals surface area contributed by atoms with Gasteiger partial charge >= 0.3 is 0 Å². The smallest absolute Gasteiger partial charge is 0.143 e. The molecule has 0 bridgehead atoms. The van der Waals surface area contributed by atoms with Crippen molar-refractivity contribution in [1.29, 1.82) is 0 Å². The first kappa shape index (κ1) is 14.7. The van der Waals surface area contributed by atoms with Crippen molar-refractivity contribution in [3.63, 3.8) is 0 Å². The summed E-state index contributed by atoms with van der Waals surface area (Å²) in [5.74, 6) is 0.604. The predicted octanol–water partition coefficient (Wildman–Crippen LogP) is 4.06. The van der Waals surface area contributed by atoms with Gasteiger partial charge in [0.05, 0.1) is 5.41 Å². The Labute approximate surface area is 120 Å². The lowest BCUT2D eigenvalue weighted by Crippen LogP contribution is -2.30. The van der Waals surface area contributed by atoms with E-state index in [2.05, 4.69) is 18.7 Å². The summed E-state index contributed by atoms with van der Waals surface area (Å²) in [4.78, 5) is 23.6. The molecule has 0 amide bonds. The van der Waals surface area contributed by atoms with E-state index in [1.807, 2.05) is 25.1 Å². The highest BCUT2D eigenvalue weighted by Crippen LogP contribution is 2.51. The Morgan fingerprint density at radius 3 is 2.55 bits per heavy atom. The maximum absolute atomic E-state index is 12.4. The van der Waals surface area contributed by atoms with Crippen molar-refractivity contribution in [2.75, 3.05) is 0 Å². The van der Waals surface area contributed by atoms with Crippen molar-refractivity contribution in [2.45, 2.75) is 45.4 Å².